The fourth-order valence-corrected chi connectivity index (χ4v) is 4.24. The molecule has 1 aliphatic carbocycles. The van der Waals surface area contributed by atoms with Crippen LogP contribution in [0.2, 0.25) is 5.02 Å². The van der Waals surface area contributed by atoms with E-state index in [0.717, 1.165) is 29.3 Å². The number of hydrogen-bond acceptors (Lipinski definition) is 1. The van der Waals surface area contributed by atoms with Crippen LogP contribution in [0, 0.1) is 24.7 Å². The van der Waals surface area contributed by atoms with Crippen LogP contribution in [0.1, 0.15) is 63.6 Å². The van der Waals surface area contributed by atoms with Crippen molar-refractivity contribution in [3.05, 3.63) is 34.3 Å². The number of rotatable bonds is 5. The lowest BCUT2D eigenvalue weighted by Crippen LogP contribution is -2.34. The summed E-state index contributed by atoms with van der Waals surface area (Å²) in [7, 11) is 0. The molecule has 3 atom stereocenters. The third-order valence-corrected chi connectivity index (χ3v) is 5.11. The van der Waals surface area contributed by atoms with Crippen LogP contribution in [0.4, 0.5) is 0 Å². The van der Waals surface area contributed by atoms with Crippen LogP contribution in [-0.4, -0.2) is 6.54 Å². The van der Waals surface area contributed by atoms with Gasteiger partial charge in [-0.1, -0.05) is 38.4 Å². The largest absolute Gasteiger partial charge is 0.310 e. The van der Waals surface area contributed by atoms with Gasteiger partial charge in [0.15, 0.2) is 0 Å². The fraction of sp³-hybridized carbons (Fsp3) is 0.684. The second kappa shape index (κ2) is 7.65. The van der Waals surface area contributed by atoms with Crippen LogP contribution in [0.5, 0.6) is 0 Å². The number of hydrogen-bond donors (Lipinski definition) is 1. The maximum absolute atomic E-state index is 6.26. The minimum absolute atomic E-state index is 0.453. The summed E-state index contributed by atoms with van der Waals surface area (Å²) in [6, 6.07) is 6.79. The Morgan fingerprint density at radius 2 is 1.86 bits per heavy atom. The maximum atomic E-state index is 6.26. The normalized spacial score (nSPS) is 27.6. The average molecular weight is 308 g/mol. The Kier molecular flexibility index (Phi) is 6.13. The summed E-state index contributed by atoms with van der Waals surface area (Å²) in [6.07, 6.45) is 5.22. The predicted molar refractivity (Wildman–Crippen MR) is 92.9 cm³/mol. The number of aryl methyl sites for hydroxylation is 1. The van der Waals surface area contributed by atoms with Gasteiger partial charge in [0.2, 0.25) is 0 Å². The SMILES string of the molecule is CCCNC(c1cc(Cl)ccc1C)C1CC(C)CC(C)C1. The van der Waals surface area contributed by atoms with Crippen LogP contribution < -0.4 is 5.32 Å². The van der Waals surface area contributed by atoms with Gasteiger partial charge in [0.05, 0.1) is 0 Å². The van der Waals surface area contributed by atoms with Crippen molar-refractivity contribution in [1.29, 1.82) is 0 Å². The molecule has 0 spiro atoms. The number of benzene rings is 1. The van der Waals surface area contributed by atoms with Crippen molar-refractivity contribution in [2.75, 3.05) is 6.54 Å². The lowest BCUT2D eigenvalue weighted by atomic mass is 9.72. The minimum atomic E-state index is 0.453. The van der Waals surface area contributed by atoms with Crippen molar-refractivity contribution in [1.82, 2.24) is 5.32 Å². The first-order valence-corrected chi connectivity index (χ1v) is 8.88. The Hall–Kier alpha value is -0.530. The molecule has 1 N–H and O–H groups in total. The van der Waals surface area contributed by atoms with Crippen molar-refractivity contribution >= 4 is 11.6 Å². The number of nitrogens with one attached hydrogen (secondary N) is 1. The first-order valence-electron chi connectivity index (χ1n) is 8.50. The summed E-state index contributed by atoms with van der Waals surface area (Å²) >= 11 is 6.26. The Bertz CT molecular complexity index is 447. The van der Waals surface area contributed by atoms with E-state index in [9.17, 15) is 0 Å². The van der Waals surface area contributed by atoms with Crippen LogP contribution in [0.25, 0.3) is 0 Å². The fourth-order valence-electron chi connectivity index (χ4n) is 4.06. The van der Waals surface area contributed by atoms with Crippen molar-refractivity contribution in [2.24, 2.45) is 17.8 Å². The molecule has 1 aromatic rings. The van der Waals surface area contributed by atoms with Gasteiger partial charge in [-0.15, -0.1) is 0 Å². The smallest absolute Gasteiger partial charge is 0.0409 e. The summed E-state index contributed by atoms with van der Waals surface area (Å²) in [5.74, 6) is 2.40. The molecule has 1 aromatic carbocycles. The molecule has 118 valence electrons. The molecule has 0 amide bonds. The van der Waals surface area contributed by atoms with Gasteiger partial charge >= 0.3 is 0 Å². The van der Waals surface area contributed by atoms with Gasteiger partial charge in [-0.2, -0.15) is 0 Å². The van der Waals surface area contributed by atoms with E-state index in [-0.39, 0.29) is 0 Å². The highest BCUT2D eigenvalue weighted by molar-refractivity contribution is 6.30. The zero-order chi connectivity index (χ0) is 15.4. The highest BCUT2D eigenvalue weighted by Crippen LogP contribution is 2.41. The molecule has 1 fully saturated rings. The Balaban J connectivity index is 2.26. The van der Waals surface area contributed by atoms with Crippen molar-refractivity contribution in [2.45, 2.75) is 59.4 Å². The van der Waals surface area contributed by atoms with E-state index in [1.54, 1.807) is 0 Å². The van der Waals surface area contributed by atoms with E-state index in [1.807, 2.05) is 6.07 Å². The minimum Gasteiger partial charge on any atom is -0.310 e. The average Bonchev–Trinajstić information content (AvgIpc) is 2.42. The zero-order valence-corrected chi connectivity index (χ0v) is 14.7. The van der Waals surface area contributed by atoms with Gasteiger partial charge in [0, 0.05) is 11.1 Å². The van der Waals surface area contributed by atoms with E-state index in [0.29, 0.717) is 6.04 Å². The highest BCUT2D eigenvalue weighted by atomic mass is 35.5. The molecule has 1 aliphatic rings. The molecule has 2 rings (SSSR count). The first-order chi connectivity index (χ1) is 10.0. The molecule has 0 aromatic heterocycles. The summed E-state index contributed by atoms with van der Waals surface area (Å²) in [5.41, 5.74) is 2.76. The van der Waals surface area contributed by atoms with Crippen LogP contribution in [0.15, 0.2) is 18.2 Å². The quantitative estimate of drug-likeness (QED) is 0.729. The monoisotopic (exact) mass is 307 g/mol. The van der Waals surface area contributed by atoms with Gasteiger partial charge in [-0.25, -0.2) is 0 Å². The molecular formula is C19H30ClN. The lowest BCUT2D eigenvalue weighted by molar-refractivity contribution is 0.176. The van der Waals surface area contributed by atoms with E-state index in [1.165, 1.54) is 36.8 Å². The third-order valence-electron chi connectivity index (χ3n) is 4.88. The van der Waals surface area contributed by atoms with Crippen LogP contribution >= 0.6 is 11.6 Å². The first kappa shape index (κ1) is 16.8. The van der Waals surface area contributed by atoms with Gasteiger partial charge in [-0.3, -0.25) is 0 Å². The molecule has 21 heavy (non-hydrogen) atoms. The van der Waals surface area contributed by atoms with E-state index >= 15 is 0 Å². The highest BCUT2D eigenvalue weighted by Gasteiger charge is 2.31. The maximum Gasteiger partial charge on any atom is 0.0409 e. The van der Waals surface area contributed by atoms with Gasteiger partial charge < -0.3 is 5.32 Å². The molecule has 0 bridgehead atoms. The van der Waals surface area contributed by atoms with Crippen LogP contribution in [-0.2, 0) is 0 Å². The Labute approximate surface area is 135 Å². The molecule has 1 saturated carbocycles. The van der Waals surface area contributed by atoms with Crippen molar-refractivity contribution in [3.8, 4) is 0 Å². The zero-order valence-electron chi connectivity index (χ0n) is 14.0. The summed E-state index contributed by atoms with van der Waals surface area (Å²) in [6.45, 7) is 10.3. The lowest BCUT2D eigenvalue weighted by Gasteiger charge is -2.38. The molecular weight excluding hydrogens is 278 g/mol. The molecule has 0 saturated heterocycles. The second-order valence-corrected chi connectivity index (χ2v) is 7.55. The van der Waals surface area contributed by atoms with Gasteiger partial charge in [0.25, 0.3) is 0 Å². The Morgan fingerprint density at radius 3 is 2.48 bits per heavy atom. The molecule has 2 heteroatoms. The molecule has 1 nitrogen and oxygen atoms in total. The molecule has 3 unspecified atom stereocenters. The van der Waals surface area contributed by atoms with Crippen molar-refractivity contribution in [3.63, 3.8) is 0 Å². The Morgan fingerprint density at radius 1 is 1.19 bits per heavy atom. The second-order valence-electron chi connectivity index (χ2n) is 7.11. The van der Waals surface area contributed by atoms with E-state index < -0.39 is 0 Å². The van der Waals surface area contributed by atoms with Gasteiger partial charge in [-0.05, 0) is 80.2 Å². The predicted octanol–water partition coefficient (Wildman–Crippen LogP) is 5.76. The third kappa shape index (κ3) is 4.47. The van der Waals surface area contributed by atoms with E-state index in [2.05, 4.69) is 45.1 Å². The van der Waals surface area contributed by atoms with Crippen molar-refractivity contribution < 1.29 is 0 Å². The molecule has 0 heterocycles. The summed E-state index contributed by atoms with van der Waals surface area (Å²) < 4.78 is 0. The number of halogens is 1. The van der Waals surface area contributed by atoms with E-state index in [4.69, 9.17) is 11.6 Å². The van der Waals surface area contributed by atoms with Gasteiger partial charge in [0.1, 0.15) is 0 Å². The topological polar surface area (TPSA) is 12.0 Å². The summed E-state index contributed by atoms with van der Waals surface area (Å²) in [5, 5.41) is 4.66. The molecule has 0 aliphatic heterocycles. The summed E-state index contributed by atoms with van der Waals surface area (Å²) in [4.78, 5) is 0. The molecule has 0 radical (unpaired) electrons. The van der Waals surface area contributed by atoms with Crippen LogP contribution in [0.3, 0.4) is 0 Å². The standard InChI is InChI=1S/C19H30ClN/c1-5-8-21-19(16-10-13(2)9-14(3)11-16)18-12-17(20)7-6-15(18)4/h6-7,12-14,16,19,21H,5,8-11H2,1-4H3.